The first kappa shape index (κ1) is 23.0. The van der Waals surface area contributed by atoms with Crippen molar-refractivity contribution in [2.75, 3.05) is 38.2 Å². The van der Waals surface area contributed by atoms with Crippen LogP contribution in [0.5, 0.6) is 5.75 Å². The van der Waals surface area contributed by atoms with Crippen molar-refractivity contribution < 1.29 is 18.3 Å². The van der Waals surface area contributed by atoms with Gasteiger partial charge < -0.3 is 20.7 Å². The van der Waals surface area contributed by atoms with E-state index < -0.39 is 17.5 Å². The molecule has 3 aromatic rings. The molecular weight excluding hydrogens is 449 g/mol. The number of hydrogen-bond acceptors (Lipinski definition) is 5. The van der Waals surface area contributed by atoms with Crippen LogP contribution >= 0.6 is 24.0 Å². The number of carbonyl (C=O) groups excluding carboxylic acids is 1. The number of nitrogens with zero attached hydrogens (tertiary/aromatic N) is 2. The van der Waals surface area contributed by atoms with Crippen LogP contribution in [0.15, 0.2) is 30.5 Å². The number of methoxy groups -OCH3 is 1. The van der Waals surface area contributed by atoms with E-state index in [0.29, 0.717) is 37.3 Å². The Kier molecular flexibility index (Phi) is 6.83. The van der Waals surface area contributed by atoms with Gasteiger partial charge in [0.15, 0.2) is 5.82 Å². The lowest BCUT2D eigenvalue weighted by Crippen LogP contribution is -2.44. The van der Waals surface area contributed by atoms with E-state index in [2.05, 4.69) is 10.3 Å². The van der Waals surface area contributed by atoms with Crippen molar-refractivity contribution in [3.8, 4) is 16.9 Å². The summed E-state index contributed by atoms with van der Waals surface area (Å²) in [6, 6.07) is 5.68. The highest BCUT2D eigenvalue weighted by Crippen LogP contribution is 2.43. The number of halogens is 4. The molecule has 0 radical (unpaired) electrons. The van der Waals surface area contributed by atoms with Gasteiger partial charge in [0.05, 0.1) is 28.9 Å². The van der Waals surface area contributed by atoms with Gasteiger partial charge in [0, 0.05) is 43.3 Å². The number of nitrogens with one attached hydrogen (secondary N) is 1. The normalized spacial score (nSPS) is 13.7. The van der Waals surface area contributed by atoms with Gasteiger partial charge in [0.2, 0.25) is 0 Å². The van der Waals surface area contributed by atoms with Crippen LogP contribution in [0.3, 0.4) is 0 Å². The maximum Gasteiger partial charge on any atom is 0.252 e. The molecule has 164 valence electrons. The first-order valence-electron chi connectivity index (χ1n) is 9.33. The maximum absolute atomic E-state index is 15.7. The van der Waals surface area contributed by atoms with E-state index in [-0.39, 0.29) is 45.4 Å². The first-order valence-corrected chi connectivity index (χ1v) is 9.71. The Balaban J connectivity index is 0.00000272. The molecule has 0 atom stereocenters. The number of pyridine rings is 1. The lowest BCUT2D eigenvalue weighted by molar-refractivity contribution is 0.100. The molecule has 6 nitrogen and oxygen atoms in total. The van der Waals surface area contributed by atoms with Crippen LogP contribution in [0.1, 0.15) is 10.4 Å². The predicted molar refractivity (Wildman–Crippen MR) is 120 cm³/mol. The Bertz CT molecular complexity index is 1150. The molecule has 3 N–H and O–H groups in total. The summed E-state index contributed by atoms with van der Waals surface area (Å²) in [5.74, 6) is -2.00. The lowest BCUT2D eigenvalue weighted by atomic mass is 9.98. The van der Waals surface area contributed by atoms with Crippen molar-refractivity contribution in [3.05, 3.63) is 52.7 Å². The van der Waals surface area contributed by atoms with Crippen molar-refractivity contribution in [2.45, 2.75) is 0 Å². The number of ether oxygens (including phenoxy) is 1. The summed E-state index contributed by atoms with van der Waals surface area (Å²) in [6.07, 6.45) is 1.25. The average molecular weight is 469 g/mol. The highest BCUT2D eigenvalue weighted by molar-refractivity contribution is 6.34. The fourth-order valence-electron chi connectivity index (χ4n) is 3.81. The number of anilines is 1. The van der Waals surface area contributed by atoms with Gasteiger partial charge in [-0.3, -0.25) is 9.78 Å². The number of hydrogen-bond donors (Lipinski definition) is 2. The molecule has 0 unspecified atom stereocenters. The largest absolute Gasteiger partial charge is 0.496 e. The van der Waals surface area contributed by atoms with Crippen LogP contribution in [-0.4, -0.2) is 44.2 Å². The van der Waals surface area contributed by atoms with E-state index in [4.69, 9.17) is 22.1 Å². The van der Waals surface area contributed by atoms with Gasteiger partial charge >= 0.3 is 0 Å². The Hall–Kier alpha value is -2.68. The fraction of sp³-hybridized carbons (Fsp3) is 0.238. The highest BCUT2D eigenvalue weighted by atomic mass is 35.5. The second kappa shape index (κ2) is 9.21. The topological polar surface area (TPSA) is 80.5 Å². The molecule has 1 aliphatic rings. The third kappa shape index (κ3) is 3.98. The molecule has 1 aliphatic heterocycles. The molecular formula is C21H20Cl2F2N4O2. The van der Waals surface area contributed by atoms with Crippen LogP contribution in [0, 0.1) is 11.6 Å². The minimum absolute atomic E-state index is 0. The van der Waals surface area contributed by atoms with E-state index >= 15 is 4.39 Å². The molecule has 0 bridgehead atoms. The molecule has 1 aromatic heterocycles. The van der Waals surface area contributed by atoms with Gasteiger partial charge in [-0.15, -0.1) is 12.4 Å². The zero-order chi connectivity index (χ0) is 21.4. The van der Waals surface area contributed by atoms with E-state index in [1.165, 1.54) is 37.6 Å². The van der Waals surface area contributed by atoms with Crippen LogP contribution in [0.2, 0.25) is 5.02 Å². The summed E-state index contributed by atoms with van der Waals surface area (Å²) < 4.78 is 35.5. The van der Waals surface area contributed by atoms with Crippen LogP contribution in [0.25, 0.3) is 22.0 Å². The Labute approximate surface area is 188 Å². The highest BCUT2D eigenvalue weighted by Gasteiger charge is 2.26. The minimum Gasteiger partial charge on any atom is -0.496 e. The zero-order valence-corrected chi connectivity index (χ0v) is 18.1. The number of aromatic nitrogens is 1. The summed E-state index contributed by atoms with van der Waals surface area (Å²) >= 11 is 6.45. The van der Waals surface area contributed by atoms with Crippen LogP contribution in [-0.2, 0) is 0 Å². The van der Waals surface area contributed by atoms with E-state index in [1.54, 1.807) is 0 Å². The maximum atomic E-state index is 15.7. The van der Waals surface area contributed by atoms with Gasteiger partial charge in [-0.1, -0.05) is 17.7 Å². The van der Waals surface area contributed by atoms with Crippen LogP contribution in [0.4, 0.5) is 14.5 Å². The monoisotopic (exact) mass is 468 g/mol. The summed E-state index contributed by atoms with van der Waals surface area (Å²) in [5.41, 5.74) is 5.94. The molecule has 0 spiro atoms. The second-order valence-corrected chi connectivity index (χ2v) is 7.29. The van der Waals surface area contributed by atoms with Gasteiger partial charge in [-0.2, -0.15) is 0 Å². The fourth-order valence-corrected chi connectivity index (χ4v) is 4.09. The summed E-state index contributed by atoms with van der Waals surface area (Å²) in [7, 11) is 1.37. The number of fused-ring (bicyclic) bond motifs is 1. The number of primary amides is 1. The summed E-state index contributed by atoms with van der Waals surface area (Å²) in [5, 5.41) is 3.54. The van der Waals surface area contributed by atoms with Gasteiger partial charge in [0.1, 0.15) is 17.1 Å². The van der Waals surface area contributed by atoms with Gasteiger partial charge in [-0.05, 0) is 18.2 Å². The number of piperazine rings is 1. The number of rotatable bonds is 4. The Morgan fingerprint density at radius 3 is 2.61 bits per heavy atom. The molecule has 2 heterocycles. The molecule has 1 fully saturated rings. The number of benzene rings is 2. The van der Waals surface area contributed by atoms with Crippen molar-refractivity contribution in [2.24, 2.45) is 5.73 Å². The van der Waals surface area contributed by atoms with Crippen molar-refractivity contribution in [3.63, 3.8) is 0 Å². The van der Waals surface area contributed by atoms with Crippen molar-refractivity contribution >= 4 is 46.5 Å². The van der Waals surface area contributed by atoms with E-state index in [0.717, 1.165) is 0 Å². The third-order valence-corrected chi connectivity index (χ3v) is 5.47. The number of amides is 1. The molecule has 4 rings (SSSR count). The lowest BCUT2D eigenvalue weighted by Gasteiger charge is -2.31. The van der Waals surface area contributed by atoms with Crippen LogP contribution < -0.4 is 20.7 Å². The zero-order valence-electron chi connectivity index (χ0n) is 16.5. The molecule has 1 amide bonds. The second-order valence-electron chi connectivity index (χ2n) is 6.88. The SMILES string of the molecule is COc1cccc(F)c1-c1c(Cl)cc2c(N3CCNCC3)c(C(N)=O)cnc2c1F.Cl. The van der Waals surface area contributed by atoms with Crippen molar-refractivity contribution in [1.29, 1.82) is 0 Å². The Morgan fingerprint density at radius 2 is 1.97 bits per heavy atom. The molecule has 31 heavy (non-hydrogen) atoms. The smallest absolute Gasteiger partial charge is 0.252 e. The first-order chi connectivity index (χ1) is 14.4. The molecule has 10 heteroatoms. The molecule has 0 aliphatic carbocycles. The summed E-state index contributed by atoms with van der Waals surface area (Å²) in [4.78, 5) is 18.1. The van der Waals surface area contributed by atoms with Crippen molar-refractivity contribution in [1.82, 2.24) is 10.3 Å². The molecule has 2 aromatic carbocycles. The summed E-state index contributed by atoms with van der Waals surface area (Å²) in [6.45, 7) is 2.59. The standard InChI is InChI=1S/C21H19ClF2N4O2.ClH/c1-30-15-4-2-3-14(23)17(15)16-13(22)9-11-19(18(16)24)27-10-12(21(25)29)20(11)28-7-5-26-6-8-28;/h2-4,9-10,26H,5-8H2,1H3,(H2,25,29);1H. The van der Waals surface area contributed by atoms with E-state index in [1.807, 2.05) is 4.90 Å². The molecule has 1 saturated heterocycles. The minimum atomic E-state index is -0.798. The molecule has 0 saturated carbocycles. The number of carbonyl (C=O) groups is 1. The van der Waals surface area contributed by atoms with Gasteiger partial charge in [0.25, 0.3) is 5.91 Å². The average Bonchev–Trinajstić information content (AvgIpc) is 2.74. The quantitative estimate of drug-likeness (QED) is 0.608. The predicted octanol–water partition coefficient (Wildman–Crippen LogP) is 3.77. The Morgan fingerprint density at radius 1 is 1.26 bits per heavy atom. The van der Waals surface area contributed by atoms with E-state index in [9.17, 15) is 9.18 Å². The third-order valence-electron chi connectivity index (χ3n) is 5.17. The van der Waals surface area contributed by atoms with Gasteiger partial charge in [-0.25, -0.2) is 8.78 Å². The number of nitrogens with two attached hydrogens (primary N) is 1.